The minimum atomic E-state index is -2.97. The summed E-state index contributed by atoms with van der Waals surface area (Å²) >= 11 is 0. The van der Waals surface area contributed by atoms with Crippen LogP contribution in [0.4, 0.5) is 0 Å². The van der Waals surface area contributed by atoms with E-state index >= 15 is 0 Å². The monoisotopic (exact) mass is 196 g/mol. The molecule has 1 aliphatic heterocycles. The lowest BCUT2D eigenvalue weighted by molar-refractivity contribution is 0.598. The van der Waals surface area contributed by atoms with Crippen molar-refractivity contribution in [3.8, 4) is 0 Å². The highest BCUT2D eigenvalue weighted by atomic mass is 32.2. The van der Waals surface area contributed by atoms with E-state index in [4.69, 9.17) is 0 Å². The maximum Gasteiger partial charge on any atom is 0.179 e. The van der Waals surface area contributed by atoms with Crippen LogP contribution >= 0.6 is 0 Å². The topological polar surface area (TPSA) is 34.1 Å². The smallest absolute Gasteiger partial charge is 0.179 e. The standard InChI is InChI=1S/C10H12O2S/c1-7-3-4-10-9(5-7)8(2)6-13(10,11)12/h3-5,8H,6H2,1-2H3. The van der Waals surface area contributed by atoms with Crippen molar-refractivity contribution in [2.45, 2.75) is 24.7 Å². The molecule has 70 valence electrons. The molecule has 0 amide bonds. The Morgan fingerprint density at radius 3 is 2.77 bits per heavy atom. The van der Waals surface area contributed by atoms with Crippen LogP contribution in [0.1, 0.15) is 24.0 Å². The molecule has 13 heavy (non-hydrogen) atoms. The fourth-order valence-electron chi connectivity index (χ4n) is 1.84. The lowest BCUT2D eigenvalue weighted by atomic mass is 10.0. The van der Waals surface area contributed by atoms with E-state index in [2.05, 4.69) is 0 Å². The van der Waals surface area contributed by atoms with Gasteiger partial charge in [-0.05, 0) is 24.5 Å². The molecule has 0 saturated heterocycles. The van der Waals surface area contributed by atoms with Crippen molar-refractivity contribution in [2.24, 2.45) is 0 Å². The summed E-state index contributed by atoms with van der Waals surface area (Å²) in [5.41, 5.74) is 2.11. The van der Waals surface area contributed by atoms with Gasteiger partial charge in [-0.3, -0.25) is 0 Å². The zero-order valence-corrected chi connectivity index (χ0v) is 8.56. The third-order valence-electron chi connectivity index (χ3n) is 2.50. The van der Waals surface area contributed by atoms with Gasteiger partial charge in [-0.1, -0.05) is 24.6 Å². The van der Waals surface area contributed by atoms with Crippen LogP contribution in [-0.4, -0.2) is 14.2 Å². The molecule has 0 radical (unpaired) electrons. The number of aryl methyl sites for hydroxylation is 1. The number of hydrogen-bond donors (Lipinski definition) is 0. The van der Waals surface area contributed by atoms with E-state index < -0.39 is 9.84 Å². The molecule has 0 bridgehead atoms. The summed E-state index contributed by atoms with van der Waals surface area (Å²) in [6, 6.07) is 5.56. The van der Waals surface area contributed by atoms with Crippen LogP contribution < -0.4 is 0 Å². The quantitative estimate of drug-likeness (QED) is 0.635. The largest absolute Gasteiger partial charge is 0.224 e. The van der Waals surface area contributed by atoms with Crippen molar-refractivity contribution in [3.63, 3.8) is 0 Å². The number of fused-ring (bicyclic) bond motifs is 1. The van der Waals surface area contributed by atoms with Crippen LogP contribution in [0.5, 0.6) is 0 Å². The lowest BCUT2D eigenvalue weighted by Gasteiger charge is -2.02. The summed E-state index contributed by atoms with van der Waals surface area (Å²) in [7, 11) is -2.97. The first kappa shape index (κ1) is 8.75. The number of rotatable bonds is 0. The summed E-state index contributed by atoms with van der Waals surface area (Å²) in [4.78, 5) is 0.533. The molecule has 1 heterocycles. The van der Waals surface area contributed by atoms with Gasteiger partial charge in [-0.15, -0.1) is 0 Å². The van der Waals surface area contributed by atoms with Crippen molar-refractivity contribution < 1.29 is 8.42 Å². The Morgan fingerprint density at radius 1 is 1.38 bits per heavy atom. The molecular formula is C10H12O2S. The van der Waals surface area contributed by atoms with Gasteiger partial charge < -0.3 is 0 Å². The minimum absolute atomic E-state index is 0.153. The zero-order valence-electron chi connectivity index (χ0n) is 7.74. The van der Waals surface area contributed by atoms with Crippen LogP contribution in [-0.2, 0) is 9.84 Å². The SMILES string of the molecule is Cc1ccc2c(c1)C(C)CS2(=O)=O. The summed E-state index contributed by atoms with van der Waals surface area (Å²) in [5, 5.41) is 0. The molecule has 1 unspecified atom stereocenters. The molecular weight excluding hydrogens is 184 g/mol. The van der Waals surface area contributed by atoms with Gasteiger partial charge in [0, 0.05) is 0 Å². The summed E-state index contributed by atoms with van der Waals surface area (Å²) in [5.74, 6) is 0.422. The molecule has 0 aromatic heterocycles. The van der Waals surface area contributed by atoms with E-state index in [1.807, 2.05) is 26.0 Å². The second kappa shape index (κ2) is 2.58. The van der Waals surface area contributed by atoms with E-state index in [0.717, 1.165) is 11.1 Å². The minimum Gasteiger partial charge on any atom is -0.224 e. The third-order valence-corrected chi connectivity index (χ3v) is 4.48. The first-order valence-corrected chi connectivity index (χ1v) is 5.99. The van der Waals surface area contributed by atoms with E-state index in [-0.39, 0.29) is 11.7 Å². The van der Waals surface area contributed by atoms with Crippen molar-refractivity contribution in [1.29, 1.82) is 0 Å². The summed E-state index contributed by atoms with van der Waals surface area (Å²) < 4.78 is 23.1. The molecule has 1 aromatic rings. The fourth-order valence-corrected chi connectivity index (χ4v) is 3.76. The normalized spacial score (nSPS) is 24.3. The molecule has 2 nitrogen and oxygen atoms in total. The van der Waals surface area contributed by atoms with Crippen LogP contribution in [0.3, 0.4) is 0 Å². The molecule has 1 aliphatic rings. The third kappa shape index (κ3) is 1.27. The summed E-state index contributed by atoms with van der Waals surface area (Å²) in [6.45, 7) is 3.95. The van der Waals surface area contributed by atoms with Gasteiger partial charge in [0.15, 0.2) is 9.84 Å². The predicted molar refractivity (Wildman–Crippen MR) is 51.6 cm³/mol. The lowest BCUT2D eigenvalue weighted by Crippen LogP contribution is -2.00. The maximum absolute atomic E-state index is 11.6. The molecule has 0 N–H and O–H groups in total. The molecule has 0 aliphatic carbocycles. The van der Waals surface area contributed by atoms with Crippen LogP contribution in [0, 0.1) is 6.92 Å². The highest BCUT2D eigenvalue weighted by Gasteiger charge is 2.31. The average Bonchev–Trinajstić information content (AvgIpc) is 2.22. The van der Waals surface area contributed by atoms with Gasteiger partial charge in [-0.2, -0.15) is 0 Å². The number of benzene rings is 1. The highest BCUT2D eigenvalue weighted by molar-refractivity contribution is 7.91. The Bertz CT molecular complexity index is 446. The van der Waals surface area contributed by atoms with Crippen molar-refractivity contribution >= 4 is 9.84 Å². The van der Waals surface area contributed by atoms with Crippen LogP contribution in [0.15, 0.2) is 23.1 Å². The molecule has 0 fully saturated rings. The molecule has 1 aromatic carbocycles. The Morgan fingerprint density at radius 2 is 2.08 bits per heavy atom. The van der Waals surface area contributed by atoms with E-state index in [1.165, 1.54) is 0 Å². The molecule has 0 saturated carbocycles. The van der Waals surface area contributed by atoms with Crippen molar-refractivity contribution in [2.75, 3.05) is 5.75 Å². The average molecular weight is 196 g/mol. The van der Waals surface area contributed by atoms with Gasteiger partial charge in [0.1, 0.15) is 0 Å². The number of hydrogen-bond acceptors (Lipinski definition) is 2. The molecule has 3 heteroatoms. The zero-order chi connectivity index (χ0) is 9.64. The van der Waals surface area contributed by atoms with Gasteiger partial charge in [0.25, 0.3) is 0 Å². The molecule has 2 rings (SSSR count). The first-order valence-electron chi connectivity index (χ1n) is 4.34. The second-order valence-electron chi connectivity index (χ2n) is 3.72. The predicted octanol–water partition coefficient (Wildman–Crippen LogP) is 1.89. The van der Waals surface area contributed by atoms with Gasteiger partial charge in [0.05, 0.1) is 10.6 Å². The van der Waals surface area contributed by atoms with Gasteiger partial charge in [-0.25, -0.2) is 8.42 Å². The van der Waals surface area contributed by atoms with E-state index in [9.17, 15) is 8.42 Å². The van der Waals surface area contributed by atoms with Crippen LogP contribution in [0.2, 0.25) is 0 Å². The van der Waals surface area contributed by atoms with Crippen LogP contribution in [0.25, 0.3) is 0 Å². The second-order valence-corrected chi connectivity index (χ2v) is 5.73. The molecule has 1 atom stereocenters. The van der Waals surface area contributed by atoms with Gasteiger partial charge >= 0.3 is 0 Å². The summed E-state index contributed by atoms with van der Waals surface area (Å²) in [6.07, 6.45) is 0. The maximum atomic E-state index is 11.6. The highest BCUT2D eigenvalue weighted by Crippen LogP contribution is 2.34. The Hall–Kier alpha value is -0.830. The van der Waals surface area contributed by atoms with E-state index in [0.29, 0.717) is 4.90 Å². The van der Waals surface area contributed by atoms with E-state index in [1.54, 1.807) is 6.07 Å². The fraction of sp³-hybridized carbons (Fsp3) is 0.400. The first-order chi connectivity index (χ1) is 6.00. The Balaban J connectivity index is 2.73. The van der Waals surface area contributed by atoms with Crippen molar-refractivity contribution in [3.05, 3.63) is 29.3 Å². The van der Waals surface area contributed by atoms with Crippen molar-refractivity contribution in [1.82, 2.24) is 0 Å². The Kier molecular flexibility index (Phi) is 1.74. The molecule has 0 spiro atoms. The van der Waals surface area contributed by atoms with Gasteiger partial charge in [0.2, 0.25) is 0 Å². The Labute approximate surface area is 78.5 Å². The number of sulfone groups is 1.